The molecule has 0 saturated heterocycles. The molecule has 0 amide bonds. The number of allylic oxidation sites excluding steroid dienone is 2. The van der Waals surface area contributed by atoms with Crippen molar-refractivity contribution in [3.63, 3.8) is 0 Å². The molecule has 0 saturated carbocycles. The molecule has 7 nitrogen and oxygen atoms in total. The fraction of sp³-hybridized carbons (Fsp3) is 0.179. The number of methoxy groups -OCH3 is 2. The summed E-state index contributed by atoms with van der Waals surface area (Å²) in [5, 5.41) is 0. The second-order valence-corrected chi connectivity index (χ2v) is 8.87. The zero-order chi connectivity index (χ0) is 25.7. The summed E-state index contributed by atoms with van der Waals surface area (Å²) in [5.74, 6) is 0.868. The first kappa shape index (κ1) is 24.9. The fourth-order valence-electron chi connectivity index (χ4n) is 3.95. The Morgan fingerprint density at radius 1 is 1.14 bits per heavy atom. The lowest BCUT2D eigenvalue weighted by molar-refractivity contribution is -0.138. The highest BCUT2D eigenvalue weighted by atomic mass is 32.1. The van der Waals surface area contributed by atoms with E-state index < -0.39 is 12.0 Å². The van der Waals surface area contributed by atoms with E-state index in [0.29, 0.717) is 26.4 Å². The van der Waals surface area contributed by atoms with E-state index in [4.69, 9.17) is 14.2 Å². The highest BCUT2D eigenvalue weighted by Crippen LogP contribution is 2.31. The van der Waals surface area contributed by atoms with E-state index in [1.165, 1.54) is 17.4 Å². The predicted molar refractivity (Wildman–Crippen MR) is 141 cm³/mol. The van der Waals surface area contributed by atoms with Crippen LogP contribution in [0.25, 0.3) is 12.2 Å². The lowest BCUT2D eigenvalue weighted by Crippen LogP contribution is -2.39. The van der Waals surface area contributed by atoms with Gasteiger partial charge in [0.2, 0.25) is 0 Å². The number of benzene rings is 2. The van der Waals surface area contributed by atoms with E-state index in [-0.39, 0.29) is 12.2 Å². The molecule has 184 valence electrons. The van der Waals surface area contributed by atoms with Gasteiger partial charge < -0.3 is 14.2 Å². The summed E-state index contributed by atoms with van der Waals surface area (Å²) in [6.45, 7) is 5.41. The van der Waals surface area contributed by atoms with E-state index in [9.17, 15) is 9.59 Å². The molecule has 3 aromatic rings. The van der Waals surface area contributed by atoms with Crippen LogP contribution in [0.3, 0.4) is 0 Å². The smallest absolute Gasteiger partial charge is 0.338 e. The number of rotatable bonds is 8. The maximum atomic E-state index is 13.6. The van der Waals surface area contributed by atoms with Crippen molar-refractivity contribution in [2.45, 2.75) is 13.0 Å². The molecule has 8 heteroatoms. The largest absolute Gasteiger partial charge is 0.497 e. The van der Waals surface area contributed by atoms with E-state index in [0.717, 1.165) is 16.9 Å². The molecule has 1 aromatic heterocycles. The van der Waals surface area contributed by atoms with E-state index in [1.54, 1.807) is 50.0 Å². The Balaban J connectivity index is 1.83. The third-order valence-corrected chi connectivity index (χ3v) is 6.67. The maximum Gasteiger partial charge on any atom is 0.338 e. The molecule has 0 fully saturated rings. The van der Waals surface area contributed by atoms with Gasteiger partial charge >= 0.3 is 5.97 Å². The van der Waals surface area contributed by atoms with Crippen LogP contribution < -0.4 is 24.4 Å². The second-order valence-electron chi connectivity index (χ2n) is 7.87. The normalized spacial score (nSPS) is 15.4. The first-order valence-corrected chi connectivity index (χ1v) is 12.0. The minimum absolute atomic E-state index is 0.0586. The first-order chi connectivity index (χ1) is 17.5. The van der Waals surface area contributed by atoms with Crippen molar-refractivity contribution in [3.8, 4) is 11.5 Å². The Hall–Kier alpha value is -4.17. The van der Waals surface area contributed by atoms with E-state index >= 15 is 0 Å². The maximum absolute atomic E-state index is 13.6. The average molecular weight is 503 g/mol. The zero-order valence-corrected chi connectivity index (χ0v) is 21.1. The SMILES string of the molecule is C=CCOC(=O)C1=C(C)N=c2s/c(=C\C=C\c3ccccc3OC)c(=O)n2C1c1ccc(OC)cc1. The minimum Gasteiger partial charge on any atom is -0.497 e. The number of fused-ring (bicyclic) bond motifs is 1. The summed E-state index contributed by atoms with van der Waals surface area (Å²) in [6, 6.07) is 14.2. The molecular formula is C28H26N2O5S. The van der Waals surface area contributed by atoms with Crippen LogP contribution in [0.4, 0.5) is 0 Å². The summed E-state index contributed by atoms with van der Waals surface area (Å²) >= 11 is 1.27. The second kappa shape index (κ2) is 11.0. The van der Waals surface area contributed by atoms with Gasteiger partial charge in [-0.25, -0.2) is 9.79 Å². The van der Waals surface area contributed by atoms with Gasteiger partial charge in [-0.05, 0) is 36.8 Å². The fourth-order valence-corrected chi connectivity index (χ4v) is 4.95. The van der Waals surface area contributed by atoms with Crippen LogP contribution in [0.5, 0.6) is 11.5 Å². The number of esters is 1. The van der Waals surface area contributed by atoms with Gasteiger partial charge in [0.25, 0.3) is 5.56 Å². The van der Waals surface area contributed by atoms with Crippen LogP contribution in [-0.2, 0) is 9.53 Å². The number of carbonyl (C=O) groups is 1. The van der Waals surface area contributed by atoms with Crippen molar-refractivity contribution in [1.29, 1.82) is 0 Å². The number of para-hydroxylation sites is 1. The van der Waals surface area contributed by atoms with Crippen LogP contribution in [0.1, 0.15) is 24.1 Å². The van der Waals surface area contributed by atoms with Crippen LogP contribution in [0, 0.1) is 0 Å². The summed E-state index contributed by atoms with van der Waals surface area (Å²) in [7, 11) is 3.20. The van der Waals surface area contributed by atoms with Crippen molar-refractivity contribution in [2.75, 3.05) is 20.8 Å². The Labute approximate surface area is 212 Å². The third-order valence-electron chi connectivity index (χ3n) is 5.67. The predicted octanol–water partition coefficient (Wildman–Crippen LogP) is 3.65. The van der Waals surface area contributed by atoms with Gasteiger partial charge in [-0.2, -0.15) is 0 Å². The summed E-state index contributed by atoms with van der Waals surface area (Å²) in [5.41, 5.74) is 2.20. The molecule has 0 spiro atoms. The van der Waals surface area contributed by atoms with Crippen LogP contribution >= 0.6 is 11.3 Å². The molecule has 4 rings (SSSR count). The first-order valence-electron chi connectivity index (χ1n) is 11.2. The molecule has 36 heavy (non-hydrogen) atoms. The van der Waals surface area contributed by atoms with Crippen molar-refractivity contribution in [1.82, 2.24) is 4.57 Å². The molecule has 0 N–H and O–H groups in total. The van der Waals surface area contributed by atoms with Crippen molar-refractivity contribution >= 4 is 29.5 Å². The number of thiazole rings is 1. The zero-order valence-electron chi connectivity index (χ0n) is 20.3. The number of ether oxygens (including phenoxy) is 3. The van der Waals surface area contributed by atoms with Gasteiger partial charge in [-0.15, -0.1) is 0 Å². The number of hydrogen-bond donors (Lipinski definition) is 0. The van der Waals surface area contributed by atoms with Gasteiger partial charge in [0.05, 0.1) is 36.1 Å². The van der Waals surface area contributed by atoms with Crippen LogP contribution in [-0.4, -0.2) is 31.4 Å². The summed E-state index contributed by atoms with van der Waals surface area (Å²) in [6.07, 6.45) is 6.93. The van der Waals surface area contributed by atoms with E-state index in [1.807, 2.05) is 42.5 Å². The quantitative estimate of drug-likeness (QED) is 0.347. The molecule has 1 aliphatic rings. The molecular weight excluding hydrogens is 476 g/mol. The standard InChI is InChI=1S/C28H26N2O5S/c1-5-17-35-27(32)24-18(2)29-28-30(25(24)20-13-15-21(33-3)16-14-20)26(31)23(36-28)12-8-10-19-9-6-7-11-22(19)34-4/h5-16,25H,1,17H2,2-4H3/b10-8+,23-12-. The minimum atomic E-state index is -0.690. The van der Waals surface area contributed by atoms with Gasteiger partial charge in [0.15, 0.2) is 4.80 Å². The van der Waals surface area contributed by atoms with Crippen molar-refractivity contribution < 1.29 is 19.0 Å². The average Bonchev–Trinajstić information content (AvgIpc) is 3.21. The van der Waals surface area contributed by atoms with Crippen molar-refractivity contribution in [2.24, 2.45) is 4.99 Å². The molecule has 0 radical (unpaired) electrons. The molecule has 1 aliphatic heterocycles. The number of aromatic nitrogens is 1. The van der Waals surface area contributed by atoms with Crippen LogP contribution in [0.2, 0.25) is 0 Å². The molecule has 0 bridgehead atoms. The third kappa shape index (κ3) is 4.94. The van der Waals surface area contributed by atoms with Gasteiger partial charge in [0, 0.05) is 5.56 Å². The van der Waals surface area contributed by atoms with Gasteiger partial charge in [0.1, 0.15) is 18.1 Å². The number of hydrogen-bond acceptors (Lipinski definition) is 7. The van der Waals surface area contributed by atoms with Crippen molar-refractivity contribution in [3.05, 3.63) is 109 Å². The lowest BCUT2D eigenvalue weighted by Gasteiger charge is -2.24. The Kier molecular flexibility index (Phi) is 7.65. The molecule has 2 heterocycles. The number of carbonyl (C=O) groups excluding carboxylic acids is 1. The topological polar surface area (TPSA) is 79.1 Å². The van der Waals surface area contributed by atoms with E-state index in [2.05, 4.69) is 11.6 Å². The Morgan fingerprint density at radius 2 is 1.89 bits per heavy atom. The molecule has 1 unspecified atom stereocenters. The lowest BCUT2D eigenvalue weighted by atomic mass is 9.96. The van der Waals surface area contributed by atoms with Gasteiger partial charge in [-0.3, -0.25) is 9.36 Å². The molecule has 1 atom stereocenters. The van der Waals surface area contributed by atoms with Crippen LogP contribution in [0.15, 0.2) is 88.3 Å². The Morgan fingerprint density at radius 3 is 2.58 bits per heavy atom. The highest BCUT2D eigenvalue weighted by molar-refractivity contribution is 7.07. The number of nitrogens with zero attached hydrogens (tertiary/aromatic N) is 2. The van der Waals surface area contributed by atoms with Gasteiger partial charge in [-0.1, -0.05) is 66.5 Å². The summed E-state index contributed by atoms with van der Waals surface area (Å²) < 4.78 is 18.1. The highest BCUT2D eigenvalue weighted by Gasteiger charge is 2.33. The molecule has 2 aromatic carbocycles. The Bertz CT molecular complexity index is 1530. The monoisotopic (exact) mass is 502 g/mol. The summed E-state index contributed by atoms with van der Waals surface area (Å²) in [4.78, 5) is 31.7. The molecule has 0 aliphatic carbocycles.